The molecule has 8 nitrogen and oxygen atoms in total. The average molecular weight is 425 g/mol. The molecule has 3 aromatic rings. The first-order valence-electron chi connectivity index (χ1n) is 12.7. The number of β-amino-alcohol motifs (C(OH)–C–C–N with tert-alkyl or cyclic N) is 1. The van der Waals surface area contributed by atoms with Crippen LogP contribution >= 0.6 is 0 Å². The number of fused-ring (bicyclic) bond motifs is 1. The normalized spacial score (nSPS) is 26.9. The van der Waals surface area contributed by atoms with Crippen LogP contribution in [-0.2, 0) is 6.54 Å². The highest BCUT2D eigenvalue weighted by molar-refractivity contribution is 6.01. The van der Waals surface area contributed by atoms with Gasteiger partial charge in [0.25, 0.3) is 5.91 Å². The van der Waals surface area contributed by atoms with Crippen molar-refractivity contribution in [1.29, 1.82) is 5.26 Å². The second-order valence-corrected chi connectivity index (χ2v) is 7.07. The quantitative estimate of drug-likeness (QED) is 0.666. The number of rotatable bonds is 3. The molecule has 31 heavy (non-hydrogen) atoms. The summed E-state index contributed by atoms with van der Waals surface area (Å²) in [6, 6.07) is 8.36. The number of nitrogens with zero attached hydrogens (tertiary/aromatic N) is 5. The van der Waals surface area contributed by atoms with Gasteiger partial charge in [-0.25, -0.2) is 14.1 Å². The van der Waals surface area contributed by atoms with Crippen LogP contribution in [0.1, 0.15) is 44.5 Å². The number of benzene rings is 1. The Hall–Kier alpha value is -3.77. The summed E-state index contributed by atoms with van der Waals surface area (Å²) < 4.78 is 72.2. The van der Waals surface area contributed by atoms with Crippen molar-refractivity contribution in [1.82, 2.24) is 20.1 Å². The van der Waals surface area contributed by atoms with Gasteiger partial charge in [-0.2, -0.15) is 10.4 Å². The third-order valence-electron chi connectivity index (χ3n) is 4.95. The molecule has 2 aliphatic rings. The summed E-state index contributed by atoms with van der Waals surface area (Å²) in [6.45, 7) is -8.98. The van der Waals surface area contributed by atoms with Gasteiger partial charge in [-0.15, -0.1) is 0 Å². The molecule has 156 valence electrons. The second-order valence-electron chi connectivity index (χ2n) is 7.07. The van der Waals surface area contributed by atoms with Crippen LogP contribution in [0.25, 0.3) is 16.9 Å². The predicted molar refractivity (Wildman–Crippen MR) is 110 cm³/mol. The Balaban J connectivity index is 1.67. The molecule has 5 rings (SSSR count). The number of nitrogens with one attached hydrogen (secondary N) is 1. The van der Waals surface area contributed by atoms with E-state index in [2.05, 4.69) is 15.4 Å². The van der Waals surface area contributed by atoms with Crippen molar-refractivity contribution in [3.05, 3.63) is 59.2 Å². The molecule has 1 unspecified atom stereocenters. The minimum Gasteiger partial charge on any atom is -0.388 e. The Morgan fingerprint density at radius 3 is 3.06 bits per heavy atom. The molecule has 1 amide bonds. The fraction of sp³-hybridized carbons (Fsp3) is 0.273. The van der Waals surface area contributed by atoms with Gasteiger partial charge < -0.3 is 15.3 Å². The number of anilines is 1. The minimum absolute atomic E-state index is 0.00393. The summed E-state index contributed by atoms with van der Waals surface area (Å²) in [4.78, 5) is 17.4. The van der Waals surface area contributed by atoms with Crippen LogP contribution in [0.2, 0.25) is 0 Å². The van der Waals surface area contributed by atoms with Gasteiger partial charge in [-0.05, 0) is 31.5 Å². The average Bonchev–Trinajstić information content (AvgIpc) is 3.47. The second kappa shape index (κ2) is 6.89. The number of pyridine rings is 1. The molecule has 0 radical (unpaired) electrons. The zero-order valence-electron chi connectivity index (χ0n) is 22.8. The van der Waals surface area contributed by atoms with Crippen LogP contribution in [0.3, 0.4) is 0 Å². The van der Waals surface area contributed by atoms with E-state index in [1.54, 1.807) is 0 Å². The number of hydrogen-bond donors (Lipinski definition) is 2. The number of aromatic nitrogens is 3. The summed E-state index contributed by atoms with van der Waals surface area (Å²) in [7, 11) is 0. The van der Waals surface area contributed by atoms with Gasteiger partial charge in [0.1, 0.15) is 5.82 Å². The topological polar surface area (TPSA) is 107 Å². The third-order valence-corrected chi connectivity index (χ3v) is 4.95. The molecule has 9 heteroatoms. The zero-order chi connectivity index (χ0) is 27.8. The Labute approximate surface area is 187 Å². The van der Waals surface area contributed by atoms with Crippen LogP contribution < -0.4 is 10.2 Å². The lowest BCUT2D eigenvalue weighted by atomic mass is 10.0. The van der Waals surface area contributed by atoms with Crippen LogP contribution in [-0.4, -0.2) is 44.4 Å². The van der Waals surface area contributed by atoms with Crippen LogP contribution in [0.4, 0.5) is 10.2 Å². The molecular weight excluding hydrogens is 399 g/mol. The monoisotopic (exact) mass is 425 g/mol. The maximum absolute atomic E-state index is 14.8. The predicted octanol–water partition coefficient (Wildman–Crippen LogP) is 2.15. The van der Waals surface area contributed by atoms with Crippen LogP contribution in [0.15, 0.2) is 36.5 Å². The smallest absolute Gasteiger partial charge is 0.255 e. The van der Waals surface area contributed by atoms with E-state index in [9.17, 15) is 19.6 Å². The van der Waals surface area contributed by atoms with Crippen molar-refractivity contribution in [2.75, 3.05) is 17.9 Å². The highest BCUT2D eigenvalue weighted by Crippen LogP contribution is 2.32. The molecule has 2 N–H and O–H groups in total. The van der Waals surface area contributed by atoms with E-state index >= 15 is 0 Å². The van der Waals surface area contributed by atoms with Gasteiger partial charge in [-0.1, -0.05) is 6.07 Å². The lowest BCUT2D eigenvalue weighted by Gasteiger charge is -2.18. The molecule has 0 spiro atoms. The van der Waals surface area contributed by atoms with E-state index < -0.39 is 43.6 Å². The van der Waals surface area contributed by atoms with Gasteiger partial charge in [0.05, 0.1) is 54.7 Å². The van der Waals surface area contributed by atoms with Gasteiger partial charge in [-0.3, -0.25) is 4.79 Å². The highest BCUT2D eigenvalue weighted by atomic mass is 19.1. The Morgan fingerprint density at radius 1 is 1.42 bits per heavy atom. The van der Waals surface area contributed by atoms with E-state index in [0.29, 0.717) is 4.90 Å². The lowest BCUT2D eigenvalue weighted by molar-refractivity contribution is 0.0838. The van der Waals surface area contributed by atoms with Crippen LogP contribution in [0, 0.1) is 17.1 Å². The SMILES string of the molecule is [2H]C1([2H])CC(O)(C([2H])([2H])[2H])C([2H])([2H])N1c1ccn(-c2cc(-c3c(F)cccc3C#N)nc3c2C(=O)NC3)n1. The summed E-state index contributed by atoms with van der Waals surface area (Å²) in [5.74, 6) is -1.58. The van der Waals surface area contributed by atoms with Crippen molar-refractivity contribution in [3.63, 3.8) is 0 Å². The molecule has 1 fully saturated rings. The van der Waals surface area contributed by atoms with Crippen molar-refractivity contribution in [3.8, 4) is 23.0 Å². The van der Waals surface area contributed by atoms with Gasteiger partial charge in [0.2, 0.25) is 0 Å². The zero-order valence-corrected chi connectivity index (χ0v) is 15.8. The van der Waals surface area contributed by atoms with Crippen LogP contribution in [0.5, 0.6) is 0 Å². The first-order valence-corrected chi connectivity index (χ1v) is 9.22. The van der Waals surface area contributed by atoms with E-state index in [1.165, 1.54) is 30.5 Å². The standard InChI is InChI=1S/C22H19FN6O2/c1-22(31)6-8-28(12-22)18-5-7-29(27-18)17-9-15(26-16-11-25-21(30)20(16)17)19-13(10-24)3-2-4-14(19)23/h2-5,7,9,31H,6,8,11-12H2,1H3,(H,25,30)/i1D3,8D2,12D2. The molecule has 0 aliphatic carbocycles. The molecular formula is C22H19FN6O2. The molecule has 1 atom stereocenters. The number of halogens is 1. The largest absolute Gasteiger partial charge is 0.388 e. The Kier molecular flexibility index (Phi) is 2.85. The Bertz CT molecular complexity index is 1530. The van der Waals surface area contributed by atoms with E-state index in [4.69, 9.17) is 9.60 Å². The molecule has 0 saturated carbocycles. The lowest BCUT2D eigenvalue weighted by Crippen LogP contribution is -2.29. The van der Waals surface area contributed by atoms with Gasteiger partial charge in [0, 0.05) is 32.1 Å². The number of aliphatic hydroxyl groups is 1. The first kappa shape index (κ1) is 12.8. The van der Waals surface area contributed by atoms with E-state index in [0.717, 1.165) is 10.7 Å². The van der Waals surface area contributed by atoms with Gasteiger partial charge in [0.15, 0.2) is 5.82 Å². The molecule has 0 bridgehead atoms. The number of carbonyl (C=O) groups is 1. The maximum Gasteiger partial charge on any atom is 0.255 e. The maximum atomic E-state index is 14.8. The molecule has 2 aliphatic heterocycles. The minimum atomic E-state index is -3.25. The van der Waals surface area contributed by atoms with Crippen molar-refractivity contribution >= 4 is 11.7 Å². The molecule has 1 saturated heterocycles. The summed E-state index contributed by atoms with van der Waals surface area (Å²) in [5.41, 5.74) is -2.68. The van der Waals surface area contributed by atoms with Crippen molar-refractivity contribution in [2.45, 2.75) is 25.4 Å². The Morgan fingerprint density at radius 2 is 2.29 bits per heavy atom. The number of hydrogen-bond acceptors (Lipinski definition) is 6. The van der Waals surface area contributed by atoms with E-state index in [1.807, 2.05) is 6.07 Å². The third kappa shape index (κ3) is 3.21. The summed E-state index contributed by atoms with van der Waals surface area (Å²) in [6.07, 6.45) is 0.226. The van der Waals surface area contributed by atoms with Crippen molar-refractivity contribution in [2.24, 2.45) is 0 Å². The highest BCUT2D eigenvalue weighted by Gasteiger charge is 2.33. The molecule has 2 aromatic heterocycles. The fourth-order valence-corrected chi connectivity index (χ4v) is 3.56. The van der Waals surface area contributed by atoms with E-state index in [-0.39, 0.29) is 46.1 Å². The van der Waals surface area contributed by atoms with Crippen molar-refractivity contribution < 1.29 is 23.9 Å². The summed E-state index contributed by atoms with van der Waals surface area (Å²) >= 11 is 0. The van der Waals surface area contributed by atoms with Gasteiger partial charge >= 0.3 is 0 Å². The first-order chi connectivity index (χ1) is 17.6. The fourth-order valence-electron chi connectivity index (χ4n) is 3.56. The number of carbonyl (C=O) groups excluding carboxylic acids is 1. The number of amides is 1. The summed E-state index contributed by atoms with van der Waals surface area (Å²) in [5, 5.41) is 27.1. The number of nitriles is 1. The molecule has 4 heterocycles. The molecule has 1 aromatic carbocycles.